The summed E-state index contributed by atoms with van der Waals surface area (Å²) < 4.78 is 78.9. The summed E-state index contributed by atoms with van der Waals surface area (Å²) >= 11 is 0. The molecule has 0 saturated carbocycles. The van der Waals surface area contributed by atoms with Crippen molar-refractivity contribution in [1.82, 2.24) is 0 Å². The third-order valence-electron chi connectivity index (χ3n) is 3.43. The maximum absolute atomic E-state index is 13.9. The Morgan fingerprint density at radius 3 is 2.11 bits per heavy atom. The molecule has 2 rings (SSSR count). The van der Waals surface area contributed by atoms with Crippen LogP contribution in [0.25, 0.3) is 0 Å². The zero-order chi connectivity index (χ0) is 14.8. The lowest BCUT2D eigenvalue weighted by Crippen LogP contribution is -2.59. The lowest BCUT2D eigenvalue weighted by atomic mass is 9.67. The number of hydrogen-bond acceptors (Lipinski definition) is 0. The molecular weight excluding hydrogens is 270 g/mol. The molecule has 0 aliphatic heterocycles. The van der Waals surface area contributed by atoms with Gasteiger partial charge in [0.05, 0.1) is 0 Å². The molecule has 19 heavy (non-hydrogen) atoms. The third-order valence-corrected chi connectivity index (χ3v) is 3.43. The number of aryl methyl sites for hydroxylation is 1. The Bertz CT molecular complexity index is 605. The molecule has 1 aliphatic rings. The van der Waals surface area contributed by atoms with E-state index in [1.54, 1.807) is 0 Å². The molecular formula is C13H8F6. The van der Waals surface area contributed by atoms with E-state index in [0.29, 0.717) is 0 Å². The van der Waals surface area contributed by atoms with Crippen molar-refractivity contribution >= 4 is 0 Å². The summed E-state index contributed by atoms with van der Waals surface area (Å²) in [5.74, 6) is -2.49. The average molecular weight is 278 g/mol. The Hall–Kier alpha value is -1.64. The number of halogens is 6. The summed E-state index contributed by atoms with van der Waals surface area (Å²) in [6.45, 7) is 2.53. The number of benzene rings is 1. The second-order valence-corrected chi connectivity index (χ2v) is 4.49. The van der Waals surface area contributed by atoms with Crippen molar-refractivity contribution in [1.29, 1.82) is 0 Å². The fraction of sp³-hybridized carbons (Fsp3) is 0.385. The highest BCUT2D eigenvalue weighted by molar-refractivity contribution is 5.62. The first kappa shape index (κ1) is 13.8. The van der Waals surface area contributed by atoms with E-state index >= 15 is 0 Å². The molecule has 0 amide bonds. The van der Waals surface area contributed by atoms with E-state index in [4.69, 9.17) is 6.42 Å². The van der Waals surface area contributed by atoms with Gasteiger partial charge in [-0.25, -0.2) is 4.39 Å². The number of alkyl halides is 6. The summed E-state index contributed by atoms with van der Waals surface area (Å²) in [4.78, 5) is 0. The molecule has 0 aromatic heterocycles. The van der Waals surface area contributed by atoms with Crippen LogP contribution in [-0.2, 0) is 11.6 Å². The van der Waals surface area contributed by atoms with Crippen molar-refractivity contribution in [2.75, 3.05) is 0 Å². The Morgan fingerprint density at radius 2 is 1.68 bits per heavy atom. The second-order valence-electron chi connectivity index (χ2n) is 4.49. The fourth-order valence-corrected chi connectivity index (χ4v) is 2.49. The van der Waals surface area contributed by atoms with Gasteiger partial charge >= 0.3 is 12.1 Å². The summed E-state index contributed by atoms with van der Waals surface area (Å²) in [6.07, 6.45) is -0.555. The first-order valence-corrected chi connectivity index (χ1v) is 5.25. The highest BCUT2D eigenvalue weighted by atomic mass is 19.4. The van der Waals surface area contributed by atoms with Gasteiger partial charge in [0.2, 0.25) is 0 Å². The third kappa shape index (κ3) is 1.33. The Kier molecular flexibility index (Phi) is 2.52. The first-order valence-electron chi connectivity index (χ1n) is 5.25. The lowest BCUT2D eigenvalue weighted by molar-refractivity contribution is -0.333. The summed E-state index contributed by atoms with van der Waals surface area (Å²) in [5.41, 5.74) is -6.58. The van der Waals surface area contributed by atoms with E-state index in [2.05, 4.69) is 5.92 Å². The zero-order valence-corrected chi connectivity index (χ0v) is 9.92. The number of terminal acetylenes is 1. The normalized spacial score (nSPS) is 24.4. The zero-order valence-electron chi connectivity index (χ0n) is 9.92. The van der Waals surface area contributed by atoms with Crippen LogP contribution < -0.4 is 0 Å². The fourth-order valence-electron chi connectivity index (χ4n) is 2.49. The van der Waals surface area contributed by atoms with E-state index in [1.165, 1.54) is 13.8 Å². The van der Waals surface area contributed by atoms with E-state index < -0.39 is 28.9 Å². The van der Waals surface area contributed by atoms with Gasteiger partial charge in [-0.05, 0) is 25.0 Å². The van der Waals surface area contributed by atoms with Crippen molar-refractivity contribution in [3.8, 4) is 12.3 Å². The SMILES string of the molecule is C#Cc1c(C)cc2c(c1C)C(F)(F)C2(F)C(F)(F)F. The van der Waals surface area contributed by atoms with Gasteiger partial charge in [-0.2, -0.15) is 22.0 Å². The van der Waals surface area contributed by atoms with Crippen LogP contribution in [0, 0.1) is 26.2 Å². The van der Waals surface area contributed by atoms with Crippen LogP contribution in [0.3, 0.4) is 0 Å². The smallest absolute Gasteiger partial charge is 0.221 e. The van der Waals surface area contributed by atoms with E-state index in [1.807, 2.05) is 0 Å². The van der Waals surface area contributed by atoms with E-state index in [9.17, 15) is 26.3 Å². The summed E-state index contributed by atoms with van der Waals surface area (Å²) in [7, 11) is 0. The minimum Gasteiger partial charge on any atom is -0.221 e. The minimum absolute atomic E-state index is 0.0719. The molecule has 0 heterocycles. The predicted molar refractivity (Wildman–Crippen MR) is 56.6 cm³/mol. The first-order chi connectivity index (χ1) is 8.50. The van der Waals surface area contributed by atoms with Crippen LogP contribution in [0.4, 0.5) is 26.3 Å². The van der Waals surface area contributed by atoms with Crippen molar-refractivity contribution in [3.63, 3.8) is 0 Å². The van der Waals surface area contributed by atoms with Gasteiger partial charge in [-0.15, -0.1) is 6.42 Å². The molecule has 1 aliphatic carbocycles. The molecule has 0 saturated heterocycles. The molecule has 0 nitrogen and oxygen atoms in total. The van der Waals surface area contributed by atoms with Crippen molar-refractivity contribution in [2.24, 2.45) is 0 Å². The van der Waals surface area contributed by atoms with Gasteiger partial charge in [0.15, 0.2) is 0 Å². The van der Waals surface area contributed by atoms with E-state index in [-0.39, 0.29) is 16.7 Å². The minimum atomic E-state index is -5.68. The van der Waals surface area contributed by atoms with E-state index in [0.717, 1.165) is 6.07 Å². The van der Waals surface area contributed by atoms with Crippen LogP contribution >= 0.6 is 0 Å². The van der Waals surface area contributed by atoms with Crippen molar-refractivity contribution in [3.05, 3.63) is 33.9 Å². The Labute approximate surface area is 105 Å². The van der Waals surface area contributed by atoms with Crippen LogP contribution in [0.15, 0.2) is 6.07 Å². The quantitative estimate of drug-likeness (QED) is 0.494. The van der Waals surface area contributed by atoms with Gasteiger partial charge in [-0.1, -0.05) is 12.0 Å². The highest BCUT2D eigenvalue weighted by Crippen LogP contribution is 2.67. The number of rotatable bonds is 0. The maximum atomic E-state index is 13.9. The van der Waals surface area contributed by atoms with Gasteiger partial charge in [-0.3, -0.25) is 0 Å². The van der Waals surface area contributed by atoms with Gasteiger partial charge < -0.3 is 0 Å². The van der Waals surface area contributed by atoms with Crippen LogP contribution in [0.2, 0.25) is 0 Å². The molecule has 0 bridgehead atoms. The molecule has 0 spiro atoms. The standard InChI is InChI=1S/C13H8F6/c1-4-8-6(2)5-9-10(7(8)3)12(15,16)11(9,14)13(17,18)19/h1,5H,2-3H3. The molecule has 0 fully saturated rings. The Balaban J connectivity index is 2.83. The predicted octanol–water partition coefficient (Wildman–Crippen LogP) is 4.12. The van der Waals surface area contributed by atoms with Crippen molar-refractivity contribution in [2.45, 2.75) is 31.6 Å². The van der Waals surface area contributed by atoms with Crippen LogP contribution in [0.5, 0.6) is 0 Å². The number of hydrogen-bond donors (Lipinski definition) is 0. The second kappa shape index (κ2) is 3.47. The average Bonchev–Trinajstić information content (AvgIpc) is 2.25. The van der Waals surface area contributed by atoms with Gasteiger partial charge in [0.1, 0.15) is 0 Å². The van der Waals surface area contributed by atoms with Crippen LogP contribution in [-0.4, -0.2) is 6.18 Å². The summed E-state index contributed by atoms with van der Waals surface area (Å²) in [6, 6.07) is 0.752. The molecule has 1 atom stereocenters. The largest absolute Gasteiger partial charge is 0.433 e. The van der Waals surface area contributed by atoms with Crippen LogP contribution in [0.1, 0.15) is 27.8 Å². The van der Waals surface area contributed by atoms with Crippen molar-refractivity contribution < 1.29 is 26.3 Å². The number of fused-ring (bicyclic) bond motifs is 1. The molecule has 102 valence electrons. The highest BCUT2D eigenvalue weighted by Gasteiger charge is 2.80. The monoisotopic (exact) mass is 278 g/mol. The molecule has 1 unspecified atom stereocenters. The van der Waals surface area contributed by atoms with Gasteiger partial charge in [0, 0.05) is 16.7 Å². The molecule has 1 aromatic carbocycles. The maximum Gasteiger partial charge on any atom is 0.433 e. The molecule has 1 aromatic rings. The lowest BCUT2D eigenvalue weighted by Gasteiger charge is -2.46. The molecule has 6 heteroatoms. The summed E-state index contributed by atoms with van der Waals surface area (Å²) in [5, 5.41) is 0. The molecule has 0 N–H and O–H groups in total. The Morgan fingerprint density at radius 1 is 1.16 bits per heavy atom. The molecule has 0 radical (unpaired) electrons. The van der Waals surface area contributed by atoms with Gasteiger partial charge in [0.25, 0.3) is 5.67 Å². The topological polar surface area (TPSA) is 0 Å².